The van der Waals surface area contributed by atoms with Crippen LogP contribution in [0.2, 0.25) is 0 Å². The molecule has 0 radical (unpaired) electrons. The summed E-state index contributed by atoms with van der Waals surface area (Å²) in [6.07, 6.45) is 2.89. The molecule has 1 fully saturated rings. The monoisotopic (exact) mass is 306 g/mol. The largest absolute Gasteiger partial charge is 0.393 e. The van der Waals surface area contributed by atoms with Gasteiger partial charge in [-0.3, -0.25) is 4.79 Å². The number of nitrogens with two attached hydrogens (primary N) is 1. The second kappa shape index (κ2) is 7.05. The number of hydrogen-bond acceptors (Lipinski definition) is 5. The van der Waals surface area contributed by atoms with Crippen molar-refractivity contribution in [3.63, 3.8) is 0 Å². The van der Waals surface area contributed by atoms with Gasteiger partial charge in [0, 0.05) is 11.7 Å². The molecule has 1 aromatic rings. The smallest absolute Gasteiger partial charge is 0.270 e. The van der Waals surface area contributed by atoms with Crippen molar-refractivity contribution >= 4 is 11.9 Å². The van der Waals surface area contributed by atoms with Crippen molar-refractivity contribution in [1.82, 2.24) is 15.3 Å². The molecule has 6 nitrogen and oxygen atoms in total. The Morgan fingerprint density at radius 1 is 1.45 bits per heavy atom. The molecule has 122 valence electrons. The van der Waals surface area contributed by atoms with E-state index >= 15 is 0 Å². The van der Waals surface area contributed by atoms with E-state index in [0.29, 0.717) is 17.5 Å². The van der Waals surface area contributed by atoms with E-state index in [1.165, 1.54) is 0 Å². The second-order valence-electron chi connectivity index (χ2n) is 6.57. The van der Waals surface area contributed by atoms with Gasteiger partial charge < -0.3 is 16.2 Å². The van der Waals surface area contributed by atoms with Crippen LogP contribution in [0.4, 0.5) is 5.95 Å². The predicted octanol–water partition coefficient (Wildman–Crippen LogP) is 1.54. The highest BCUT2D eigenvalue weighted by Gasteiger charge is 2.34. The maximum atomic E-state index is 12.4. The Labute approximate surface area is 131 Å². The minimum atomic E-state index is -0.219. The van der Waals surface area contributed by atoms with Crippen LogP contribution in [0.25, 0.3) is 0 Å². The summed E-state index contributed by atoms with van der Waals surface area (Å²) < 4.78 is 0. The summed E-state index contributed by atoms with van der Waals surface area (Å²) in [5, 5.41) is 12.4. The molecule has 1 saturated carbocycles. The van der Waals surface area contributed by atoms with Crippen LogP contribution in [0.3, 0.4) is 0 Å². The van der Waals surface area contributed by atoms with E-state index in [1.54, 1.807) is 6.07 Å². The number of hydrogen-bond donors (Lipinski definition) is 3. The zero-order valence-electron chi connectivity index (χ0n) is 13.5. The van der Waals surface area contributed by atoms with E-state index in [-0.39, 0.29) is 24.0 Å². The lowest BCUT2D eigenvalue weighted by Gasteiger charge is -2.37. The highest BCUT2D eigenvalue weighted by molar-refractivity contribution is 5.92. The molecule has 0 spiro atoms. The standard InChI is InChI=1S/C16H26N4O2/c1-4-13(10-6-12(21)7-10)19-15(22)14-8-11(5-9(2)3)18-16(17)20-14/h8-10,12-13,21H,4-7H2,1-3H3,(H,19,22)(H2,17,18,20)/t10?,12?,13-/m0/s1. The van der Waals surface area contributed by atoms with Gasteiger partial charge in [-0.25, -0.2) is 9.97 Å². The molecule has 2 rings (SSSR count). The Morgan fingerprint density at radius 2 is 2.14 bits per heavy atom. The average molecular weight is 306 g/mol. The van der Waals surface area contributed by atoms with E-state index in [4.69, 9.17) is 5.73 Å². The van der Waals surface area contributed by atoms with Gasteiger partial charge in [0.15, 0.2) is 0 Å². The molecule has 0 aliphatic heterocycles. The lowest BCUT2D eigenvalue weighted by atomic mass is 9.76. The summed E-state index contributed by atoms with van der Waals surface area (Å²) in [7, 11) is 0. The molecule has 22 heavy (non-hydrogen) atoms. The highest BCUT2D eigenvalue weighted by atomic mass is 16.3. The molecule has 6 heteroatoms. The molecule has 0 saturated heterocycles. The van der Waals surface area contributed by atoms with Crippen molar-refractivity contribution in [2.24, 2.45) is 11.8 Å². The van der Waals surface area contributed by atoms with E-state index in [9.17, 15) is 9.90 Å². The number of aliphatic hydroxyl groups is 1. The number of aromatic nitrogens is 2. The fourth-order valence-corrected chi connectivity index (χ4v) is 2.91. The van der Waals surface area contributed by atoms with Crippen molar-refractivity contribution in [3.8, 4) is 0 Å². The molecule has 0 unspecified atom stereocenters. The quantitative estimate of drug-likeness (QED) is 0.740. The molecule has 1 aromatic heterocycles. The van der Waals surface area contributed by atoms with Gasteiger partial charge in [0.25, 0.3) is 5.91 Å². The van der Waals surface area contributed by atoms with Gasteiger partial charge in [-0.05, 0) is 43.6 Å². The number of aliphatic hydroxyl groups excluding tert-OH is 1. The first-order chi connectivity index (χ1) is 10.4. The van der Waals surface area contributed by atoms with E-state index in [1.807, 2.05) is 6.92 Å². The van der Waals surface area contributed by atoms with Crippen molar-refractivity contribution in [3.05, 3.63) is 17.5 Å². The third kappa shape index (κ3) is 4.16. The van der Waals surface area contributed by atoms with Gasteiger partial charge in [0.2, 0.25) is 5.95 Å². The maximum Gasteiger partial charge on any atom is 0.270 e. The topological polar surface area (TPSA) is 101 Å². The minimum Gasteiger partial charge on any atom is -0.393 e. The number of nitrogens with zero attached hydrogens (tertiary/aromatic N) is 2. The number of nitrogens with one attached hydrogen (secondary N) is 1. The van der Waals surface area contributed by atoms with E-state index < -0.39 is 0 Å². The normalized spacial score (nSPS) is 22.2. The van der Waals surface area contributed by atoms with Crippen LogP contribution in [0.15, 0.2) is 6.07 Å². The molecule has 1 amide bonds. The molecule has 0 bridgehead atoms. The number of carbonyl (C=O) groups is 1. The van der Waals surface area contributed by atoms with Crippen LogP contribution in [0.5, 0.6) is 0 Å². The van der Waals surface area contributed by atoms with E-state index in [2.05, 4.69) is 29.1 Å². The van der Waals surface area contributed by atoms with E-state index in [0.717, 1.165) is 31.4 Å². The van der Waals surface area contributed by atoms with Crippen molar-refractivity contribution in [2.75, 3.05) is 5.73 Å². The SMILES string of the molecule is CC[C@H](NC(=O)c1cc(CC(C)C)nc(N)n1)C1CC(O)C1. The summed E-state index contributed by atoms with van der Waals surface area (Å²) in [6, 6.07) is 1.79. The number of nitrogen functional groups attached to an aromatic ring is 1. The molecule has 1 aliphatic rings. The predicted molar refractivity (Wildman–Crippen MR) is 85.3 cm³/mol. The van der Waals surface area contributed by atoms with Gasteiger partial charge in [0.05, 0.1) is 6.10 Å². The highest BCUT2D eigenvalue weighted by Crippen LogP contribution is 2.31. The summed E-state index contributed by atoms with van der Waals surface area (Å²) in [5.41, 5.74) is 6.83. The molecule has 1 heterocycles. The molecule has 1 aliphatic carbocycles. The van der Waals surface area contributed by atoms with Crippen LogP contribution >= 0.6 is 0 Å². The fraction of sp³-hybridized carbons (Fsp3) is 0.688. The molecular formula is C16H26N4O2. The number of anilines is 1. The minimum absolute atomic E-state index is 0.0700. The van der Waals surface area contributed by atoms with Gasteiger partial charge in [-0.1, -0.05) is 20.8 Å². The van der Waals surface area contributed by atoms with Crippen molar-refractivity contribution in [2.45, 2.75) is 58.6 Å². The Bertz CT molecular complexity index is 527. The lowest BCUT2D eigenvalue weighted by Crippen LogP contribution is -2.46. The first-order valence-corrected chi connectivity index (χ1v) is 8.01. The molecular weight excluding hydrogens is 280 g/mol. The average Bonchev–Trinajstić information content (AvgIpc) is 2.40. The molecule has 4 N–H and O–H groups in total. The van der Waals surface area contributed by atoms with Gasteiger partial charge in [-0.2, -0.15) is 0 Å². The maximum absolute atomic E-state index is 12.4. The Kier molecular flexibility index (Phi) is 5.34. The third-order valence-corrected chi connectivity index (χ3v) is 4.12. The summed E-state index contributed by atoms with van der Waals surface area (Å²) in [4.78, 5) is 20.6. The first-order valence-electron chi connectivity index (χ1n) is 8.01. The molecule has 1 atom stereocenters. The van der Waals surface area contributed by atoms with Crippen molar-refractivity contribution in [1.29, 1.82) is 0 Å². The van der Waals surface area contributed by atoms with Crippen LogP contribution < -0.4 is 11.1 Å². The van der Waals surface area contributed by atoms with Crippen LogP contribution in [0, 0.1) is 11.8 Å². The lowest BCUT2D eigenvalue weighted by molar-refractivity contribution is 0.0232. The van der Waals surface area contributed by atoms with Gasteiger partial charge >= 0.3 is 0 Å². The number of rotatable bonds is 6. The third-order valence-electron chi connectivity index (χ3n) is 4.12. The van der Waals surface area contributed by atoms with Crippen LogP contribution in [-0.2, 0) is 6.42 Å². The summed E-state index contributed by atoms with van der Waals surface area (Å²) >= 11 is 0. The Hall–Kier alpha value is -1.69. The van der Waals surface area contributed by atoms with Crippen LogP contribution in [-0.4, -0.2) is 33.1 Å². The number of amides is 1. The zero-order valence-corrected chi connectivity index (χ0v) is 13.5. The van der Waals surface area contributed by atoms with Gasteiger partial charge in [0.1, 0.15) is 5.69 Å². The fourth-order valence-electron chi connectivity index (χ4n) is 2.91. The molecule has 0 aromatic carbocycles. The zero-order chi connectivity index (χ0) is 16.3. The number of carbonyl (C=O) groups excluding carboxylic acids is 1. The summed E-state index contributed by atoms with van der Waals surface area (Å²) in [5.74, 6) is 0.700. The summed E-state index contributed by atoms with van der Waals surface area (Å²) in [6.45, 7) is 6.22. The first kappa shape index (κ1) is 16.7. The Morgan fingerprint density at radius 3 is 2.68 bits per heavy atom. The van der Waals surface area contributed by atoms with Gasteiger partial charge in [-0.15, -0.1) is 0 Å². The second-order valence-corrected chi connectivity index (χ2v) is 6.57. The Balaban J connectivity index is 2.06. The van der Waals surface area contributed by atoms with Crippen molar-refractivity contribution < 1.29 is 9.90 Å². The van der Waals surface area contributed by atoms with Crippen LogP contribution in [0.1, 0.15) is 56.2 Å².